The molecule has 0 unspecified atom stereocenters. The van der Waals surface area contributed by atoms with Crippen molar-refractivity contribution in [2.45, 2.75) is 18.9 Å². The van der Waals surface area contributed by atoms with Gasteiger partial charge < -0.3 is 16.0 Å². The molecular weight excluding hydrogens is 154 g/mol. The molecule has 0 aromatic carbocycles. The minimum absolute atomic E-state index is 0.0993. The number of likely N-dealkylation sites (tertiary alicyclic amines) is 1. The Morgan fingerprint density at radius 2 is 2.17 bits per heavy atom. The van der Waals surface area contributed by atoms with E-state index in [1.165, 1.54) is 0 Å². The maximum absolute atomic E-state index is 11.3. The molecule has 4 heteroatoms. The molecular formula is C8H15N3O. The van der Waals surface area contributed by atoms with Gasteiger partial charge in [-0.1, -0.05) is 0 Å². The number of rotatable bonds is 2. The van der Waals surface area contributed by atoms with Gasteiger partial charge in [0.1, 0.15) is 0 Å². The molecule has 2 rings (SSSR count). The summed E-state index contributed by atoms with van der Waals surface area (Å²) in [5.41, 5.74) is 5.45. The first kappa shape index (κ1) is 7.86. The first-order valence-electron chi connectivity index (χ1n) is 4.55. The quantitative estimate of drug-likeness (QED) is 0.599. The van der Waals surface area contributed by atoms with Crippen LogP contribution in [0.5, 0.6) is 0 Å². The summed E-state index contributed by atoms with van der Waals surface area (Å²) >= 11 is 0. The van der Waals surface area contributed by atoms with Gasteiger partial charge in [-0.25, -0.2) is 4.79 Å². The van der Waals surface area contributed by atoms with Gasteiger partial charge in [-0.3, -0.25) is 0 Å². The molecule has 4 nitrogen and oxygen atoms in total. The van der Waals surface area contributed by atoms with E-state index in [4.69, 9.17) is 5.73 Å². The van der Waals surface area contributed by atoms with Gasteiger partial charge in [0.2, 0.25) is 0 Å². The van der Waals surface area contributed by atoms with E-state index in [1.54, 1.807) is 0 Å². The molecule has 1 saturated heterocycles. The van der Waals surface area contributed by atoms with Gasteiger partial charge in [0.05, 0.1) is 0 Å². The molecule has 0 aromatic rings. The van der Waals surface area contributed by atoms with Crippen molar-refractivity contribution in [2.24, 2.45) is 11.7 Å². The fourth-order valence-electron chi connectivity index (χ4n) is 1.38. The molecule has 12 heavy (non-hydrogen) atoms. The van der Waals surface area contributed by atoms with E-state index >= 15 is 0 Å². The average molecular weight is 169 g/mol. The zero-order valence-corrected chi connectivity index (χ0v) is 7.12. The van der Waals surface area contributed by atoms with Crippen molar-refractivity contribution >= 4 is 6.03 Å². The van der Waals surface area contributed by atoms with Crippen molar-refractivity contribution in [3.8, 4) is 0 Å². The van der Waals surface area contributed by atoms with Gasteiger partial charge in [-0.2, -0.15) is 0 Å². The lowest BCUT2D eigenvalue weighted by Gasteiger charge is -2.38. The standard InChI is InChI=1S/C8H15N3O/c9-3-6-4-11(5-6)8(12)10-7-1-2-7/h6-7H,1-5,9H2,(H,10,12). The molecule has 0 spiro atoms. The van der Waals surface area contributed by atoms with Crippen molar-refractivity contribution in [3.63, 3.8) is 0 Å². The summed E-state index contributed by atoms with van der Waals surface area (Å²) in [6, 6.07) is 0.566. The van der Waals surface area contributed by atoms with Crippen LogP contribution in [0, 0.1) is 5.92 Å². The van der Waals surface area contributed by atoms with Crippen LogP contribution < -0.4 is 11.1 Å². The highest BCUT2D eigenvalue weighted by Gasteiger charge is 2.32. The van der Waals surface area contributed by atoms with Crippen molar-refractivity contribution in [1.29, 1.82) is 0 Å². The Hall–Kier alpha value is -0.770. The lowest BCUT2D eigenvalue weighted by atomic mass is 10.0. The van der Waals surface area contributed by atoms with Gasteiger partial charge in [0.15, 0.2) is 0 Å². The number of hydrogen-bond acceptors (Lipinski definition) is 2. The number of urea groups is 1. The van der Waals surface area contributed by atoms with Crippen molar-refractivity contribution < 1.29 is 4.79 Å². The van der Waals surface area contributed by atoms with Crippen molar-refractivity contribution in [1.82, 2.24) is 10.2 Å². The van der Waals surface area contributed by atoms with Crippen LogP contribution in [-0.4, -0.2) is 36.6 Å². The van der Waals surface area contributed by atoms with E-state index in [0.29, 0.717) is 18.5 Å². The van der Waals surface area contributed by atoms with Crippen LogP contribution in [0.4, 0.5) is 4.79 Å². The monoisotopic (exact) mass is 169 g/mol. The normalized spacial score (nSPS) is 23.6. The number of hydrogen-bond donors (Lipinski definition) is 2. The summed E-state index contributed by atoms with van der Waals surface area (Å²) in [6.45, 7) is 2.39. The largest absolute Gasteiger partial charge is 0.335 e. The number of carbonyl (C=O) groups is 1. The van der Waals surface area contributed by atoms with Crippen molar-refractivity contribution in [2.75, 3.05) is 19.6 Å². The topological polar surface area (TPSA) is 58.4 Å². The van der Waals surface area contributed by atoms with E-state index < -0.39 is 0 Å². The Bertz CT molecular complexity index is 185. The Kier molecular flexibility index (Phi) is 1.92. The van der Waals surface area contributed by atoms with E-state index in [9.17, 15) is 4.79 Å². The average Bonchev–Trinajstić information content (AvgIpc) is 2.69. The van der Waals surface area contributed by atoms with Gasteiger partial charge in [0.25, 0.3) is 0 Å². The second-order valence-electron chi connectivity index (χ2n) is 3.73. The summed E-state index contributed by atoms with van der Waals surface area (Å²) in [4.78, 5) is 13.1. The fourth-order valence-corrected chi connectivity index (χ4v) is 1.38. The van der Waals surface area contributed by atoms with Crippen molar-refractivity contribution in [3.05, 3.63) is 0 Å². The Morgan fingerprint density at radius 1 is 1.50 bits per heavy atom. The Labute approximate surface area is 72.1 Å². The number of amides is 2. The molecule has 1 aliphatic heterocycles. The number of nitrogens with two attached hydrogens (primary N) is 1. The van der Waals surface area contributed by atoms with Crippen LogP contribution >= 0.6 is 0 Å². The third-order valence-electron chi connectivity index (χ3n) is 2.48. The molecule has 0 radical (unpaired) electrons. The third-order valence-corrected chi connectivity index (χ3v) is 2.48. The zero-order valence-electron chi connectivity index (χ0n) is 7.12. The number of nitrogens with zero attached hydrogens (tertiary/aromatic N) is 1. The summed E-state index contributed by atoms with van der Waals surface area (Å²) in [5, 5.41) is 2.95. The first-order valence-corrected chi connectivity index (χ1v) is 4.55. The molecule has 1 aliphatic carbocycles. The predicted molar refractivity (Wildman–Crippen MR) is 45.7 cm³/mol. The molecule has 2 amide bonds. The molecule has 3 N–H and O–H groups in total. The smallest absolute Gasteiger partial charge is 0.317 e. The van der Waals surface area contributed by atoms with Gasteiger partial charge >= 0.3 is 6.03 Å². The highest BCUT2D eigenvalue weighted by molar-refractivity contribution is 5.75. The number of carbonyl (C=O) groups excluding carboxylic acids is 1. The van der Waals surface area contributed by atoms with E-state index in [2.05, 4.69) is 5.32 Å². The van der Waals surface area contributed by atoms with Crippen LogP contribution in [0.2, 0.25) is 0 Å². The van der Waals surface area contributed by atoms with Gasteiger partial charge in [0, 0.05) is 25.0 Å². The predicted octanol–water partition coefficient (Wildman–Crippen LogP) is -0.251. The summed E-state index contributed by atoms with van der Waals surface area (Å²) < 4.78 is 0. The minimum atomic E-state index is 0.0993. The first-order chi connectivity index (χ1) is 5.79. The third kappa shape index (κ3) is 1.53. The van der Waals surface area contributed by atoms with Crippen LogP contribution in [-0.2, 0) is 0 Å². The molecule has 1 heterocycles. The van der Waals surface area contributed by atoms with E-state index in [0.717, 1.165) is 25.9 Å². The van der Waals surface area contributed by atoms with E-state index in [-0.39, 0.29) is 6.03 Å². The molecule has 0 aromatic heterocycles. The number of nitrogens with one attached hydrogen (secondary N) is 1. The Morgan fingerprint density at radius 3 is 2.67 bits per heavy atom. The summed E-state index contributed by atoms with van der Waals surface area (Å²) in [7, 11) is 0. The second-order valence-corrected chi connectivity index (χ2v) is 3.73. The van der Waals surface area contributed by atoms with Crippen LogP contribution in [0.25, 0.3) is 0 Å². The Balaban J connectivity index is 1.68. The van der Waals surface area contributed by atoms with Crippen LogP contribution in [0.1, 0.15) is 12.8 Å². The molecule has 2 aliphatic rings. The van der Waals surface area contributed by atoms with Crippen LogP contribution in [0.3, 0.4) is 0 Å². The molecule has 2 fully saturated rings. The maximum atomic E-state index is 11.3. The van der Waals surface area contributed by atoms with Crippen LogP contribution in [0.15, 0.2) is 0 Å². The highest BCUT2D eigenvalue weighted by Crippen LogP contribution is 2.20. The maximum Gasteiger partial charge on any atom is 0.317 e. The SMILES string of the molecule is NCC1CN(C(=O)NC2CC2)C1. The lowest BCUT2D eigenvalue weighted by molar-refractivity contribution is 0.124. The van der Waals surface area contributed by atoms with E-state index in [1.807, 2.05) is 4.90 Å². The molecule has 1 saturated carbocycles. The summed E-state index contributed by atoms with van der Waals surface area (Å²) in [5.74, 6) is 0.537. The molecule has 0 bridgehead atoms. The van der Waals surface area contributed by atoms with Gasteiger partial charge in [-0.05, 0) is 19.4 Å². The minimum Gasteiger partial charge on any atom is -0.335 e. The zero-order chi connectivity index (χ0) is 8.55. The second kappa shape index (κ2) is 2.94. The summed E-state index contributed by atoms with van der Waals surface area (Å²) in [6.07, 6.45) is 2.31. The highest BCUT2D eigenvalue weighted by atomic mass is 16.2. The fraction of sp³-hybridized carbons (Fsp3) is 0.875. The molecule has 0 atom stereocenters. The van der Waals surface area contributed by atoms with Gasteiger partial charge in [-0.15, -0.1) is 0 Å². The molecule has 68 valence electrons. The lowest BCUT2D eigenvalue weighted by Crippen LogP contribution is -2.56.